The van der Waals surface area contributed by atoms with Gasteiger partial charge in [-0.15, -0.1) is 13.2 Å². The summed E-state index contributed by atoms with van der Waals surface area (Å²) < 4.78 is 129. The molecular formula is C21H11F9O2. The first-order valence-electron chi connectivity index (χ1n) is 8.65. The van der Waals surface area contributed by atoms with Gasteiger partial charge in [0, 0.05) is 11.6 Å². The Bertz CT molecular complexity index is 1160. The third-order valence-electron chi connectivity index (χ3n) is 4.24. The van der Waals surface area contributed by atoms with E-state index in [9.17, 15) is 39.5 Å². The monoisotopic (exact) mass is 466 g/mol. The van der Waals surface area contributed by atoms with Crippen LogP contribution >= 0.6 is 0 Å². The largest absolute Gasteiger partial charge is 0.573 e. The first kappa shape index (κ1) is 23.3. The number of hydrogen-bond donors (Lipinski definition) is 0. The second kappa shape index (κ2) is 8.29. The lowest BCUT2D eigenvalue weighted by Crippen LogP contribution is -2.24. The van der Waals surface area contributed by atoms with Gasteiger partial charge in [-0.05, 0) is 48.4 Å². The number of ether oxygens (including phenoxy) is 2. The Morgan fingerprint density at radius 1 is 0.688 bits per heavy atom. The maximum absolute atomic E-state index is 14.4. The molecule has 0 heterocycles. The molecule has 0 unspecified atom stereocenters. The highest BCUT2D eigenvalue weighted by molar-refractivity contribution is 5.66. The topological polar surface area (TPSA) is 18.5 Å². The van der Waals surface area contributed by atoms with Gasteiger partial charge in [0.1, 0.15) is 17.1 Å². The zero-order valence-electron chi connectivity index (χ0n) is 15.8. The van der Waals surface area contributed by atoms with E-state index in [0.717, 1.165) is 24.3 Å². The molecular weight excluding hydrogens is 455 g/mol. The van der Waals surface area contributed by atoms with Gasteiger partial charge >= 0.3 is 12.5 Å². The molecule has 0 radical (unpaired) electrons. The summed E-state index contributed by atoms with van der Waals surface area (Å²) in [4.78, 5) is 0. The van der Waals surface area contributed by atoms with Crippen molar-refractivity contribution in [1.82, 2.24) is 0 Å². The van der Waals surface area contributed by atoms with Gasteiger partial charge in [0.25, 0.3) is 0 Å². The predicted octanol–water partition coefficient (Wildman–Crippen LogP) is 7.25. The average molecular weight is 466 g/mol. The van der Waals surface area contributed by atoms with E-state index in [2.05, 4.69) is 9.47 Å². The fraction of sp³-hybridized carbons (Fsp3) is 0.143. The second-order valence-corrected chi connectivity index (χ2v) is 6.51. The molecule has 0 amide bonds. The Morgan fingerprint density at radius 2 is 1.38 bits per heavy atom. The summed E-state index contributed by atoms with van der Waals surface area (Å²) in [5.41, 5.74) is -2.20. The Balaban J connectivity index is 1.87. The Morgan fingerprint density at radius 3 is 1.97 bits per heavy atom. The lowest BCUT2D eigenvalue weighted by atomic mass is 10.0. The molecule has 3 aromatic rings. The number of hydrogen-bond acceptors (Lipinski definition) is 2. The van der Waals surface area contributed by atoms with Crippen molar-refractivity contribution in [3.8, 4) is 22.6 Å². The molecule has 0 aromatic heterocycles. The number of alkyl halides is 5. The molecule has 0 bridgehead atoms. The smallest absolute Gasteiger partial charge is 0.429 e. The number of benzene rings is 3. The summed E-state index contributed by atoms with van der Waals surface area (Å²) in [7, 11) is 0. The van der Waals surface area contributed by atoms with Crippen molar-refractivity contribution >= 4 is 0 Å². The van der Waals surface area contributed by atoms with Crippen LogP contribution in [0.2, 0.25) is 0 Å². The Hall–Kier alpha value is -3.37. The van der Waals surface area contributed by atoms with Crippen LogP contribution in [0.4, 0.5) is 39.5 Å². The van der Waals surface area contributed by atoms with E-state index in [1.807, 2.05) is 0 Å². The zero-order chi connectivity index (χ0) is 23.8. The van der Waals surface area contributed by atoms with Gasteiger partial charge in [-0.3, -0.25) is 0 Å². The minimum atomic E-state index is -5.14. The first-order valence-corrected chi connectivity index (χ1v) is 8.65. The van der Waals surface area contributed by atoms with Crippen molar-refractivity contribution in [2.75, 3.05) is 0 Å². The maximum Gasteiger partial charge on any atom is 0.573 e. The van der Waals surface area contributed by atoms with Crippen LogP contribution in [0, 0.1) is 30.2 Å². The van der Waals surface area contributed by atoms with Crippen molar-refractivity contribution in [3.63, 3.8) is 0 Å². The van der Waals surface area contributed by atoms with Crippen LogP contribution in [0.1, 0.15) is 11.1 Å². The van der Waals surface area contributed by atoms with E-state index >= 15 is 0 Å². The Labute approximate surface area is 174 Å². The van der Waals surface area contributed by atoms with Crippen LogP contribution in [0.3, 0.4) is 0 Å². The molecule has 0 aliphatic rings. The number of aryl methyl sites for hydroxylation is 1. The molecule has 32 heavy (non-hydrogen) atoms. The van der Waals surface area contributed by atoms with Gasteiger partial charge < -0.3 is 9.47 Å². The lowest BCUT2D eigenvalue weighted by Gasteiger charge is -2.20. The quantitative estimate of drug-likeness (QED) is 0.369. The third kappa shape index (κ3) is 4.92. The molecule has 0 atom stereocenters. The first-order chi connectivity index (χ1) is 14.8. The molecule has 11 heteroatoms. The molecule has 170 valence electrons. The van der Waals surface area contributed by atoms with Crippen molar-refractivity contribution in [2.45, 2.75) is 19.4 Å². The molecule has 0 saturated carbocycles. The highest BCUT2D eigenvalue weighted by atomic mass is 19.4. The van der Waals surface area contributed by atoms with Crippen molar-refractivity contribution in [2.24, 2.45) is 0 Å². The summed E-state index contributed by atoms with van der Waals surface area (Å²) in [6.07, 6.45) is -9.51. The fourth-order valence-corrected chi connectivity index (χ4v) is 2.74. The van der Waals surface area contributed by atoms with Crippen LogP contribution in [-0.2, 0) is 6.11 Å². The van der Waals surface area contributed by atoms with E-state index in [4.69, 9.17) is 0 Å². The summed E-state index contributed by atoms with van der Waals surface area (Å²) in [5.74, 6) is -7.88. The van der Waals surface area contributed by atoms with Crippen LogP contribution in [0.15, 0.2) is 48.5 Å². The summed E-state index contributed by atoms with van der Waals surface area (Å²) in [5, 5.41) is 0. The molecule has 0 saturated heterocycles. The number of rotatable bonds is 5. The third-order valence-corrected chi connectivity index (χ3v) is 4.24. The summed E-state index contributed by atoms with van der Waals surface area (Å²) >= 11 is 0. The fourth-order valence-electron chi connectivity index (χ4n) is 2.74. The molecule has 0 N–H and O–H groups in total. The zero-order valence-corrected chi connectivity index (χ0v) is 15.8. The molecule has 3 rings (SSSR count). The average Bonchev–Trinajstić information content (AvgIpc) is 2.66. The molecule has 0 spiro atoms. The lowest BCUT2D eigenvalue weighted by molar-refractivity contribution is -0.275. The maximum atomic E-state index is 14.4. The highest BCUT2D eigenvalue weighted by Gasteiger charge is 2.39. The normalized spacial score (nSPS) is 12.1. The van der Waals surface area contributed by atoms with E-state index in [1.54, 1.807) is 0 Å². The van der Waals surface area contributed by atoms with E-state index < -0.39 is 52.8 Å². The molecule has 3 aromatic carbocycles. The minimum absolute atomic E-state index is 0.212. The molecule has 0 aliphatic heterocycles. The van der Waals surface area contributed by atoms with E-state index in [0.29, 0.717) is 24.3 Å². The van der Waals surface area contributed by atoms with Crippen LogP contribution in [0.5, 0.6) is 11.5 Å². The highest BCUT2D eigenvalue weighted by Crippen LogP contribution is 2.37. The molecule has 2 nitrogen and oxygen atoms in total. The Kier molecular flexibility index (Phi) is 6.03. The summed E-state index contributed by atoms with van der Waals surface area (Å²) in [6, 6.07) is 5.83. The molecule has 0 aliphatic carbocycles. The standard InChI is InChI=1S/C21H11F9O2/c1-10-2-6-14(19(25)18(10)24)20(26,27)31-12-4-5-13(15(22)9-12)11-3-7-17(16(23)8-11)32-21(28,29)30/h2-9H,1H3. The van der Waals surface area contributed by atoms with E-state index in [-0.39, 0.29) is 16.7 Å². The number of halogens is 9. The van der Waals surface area contributed by atoms with Gasteiger partial charge in [0.2, 0.25) is 0 Å². The van der Waals surface area contributed by atoms with Gasteiger partial charge in [-0.2, -0.15) is 8.78 Å². The minimum Gasteiger partial charge on any atom is -0.429 e. The van der Waals surface area contributed by atoms with Crippen LogP contribution in [-0.4, -0.2) is 6.36 Å². The van der Waals surface area contributed by atoms with Gasteiger partial charge in [0.15, 0.2) is 23.2 Å². The van der Waals surface area contributed by atoms with Gasteiger partial charge in [-0.1, -0.05) is 12.1 Å². The molecule has 0 fully saturated rings. The van der Waals surface area contributed by atoms with Crippen molar-refractivity contribution < 1.29 is 49.0 Å². The second-order valence-electron chi connectivity index (χ2n) is 6.51. The van der Waals surface area contributed by atoms with Gasteiger partial charge in [-0.25, -0.2) is 17.6 Å². The van der Waals surface area contributed by atoms with Crippen LogP contribution in [0.25, 0.3) is 11.1 Å². The van der Waals surface area contributed by atoms with Gasteiger partial charge in [0.05, 0.1) is 0 Å². The van der Waals surface area contributed by atoms with Crippen LogP contribution < -0.4 is 9.47 Å². The summed E-state index contributed by atoms with van der Waals surface area (Å²) in [6.45, 7) is 1.17. The predicted molar refractivity (Wildman–Crippen MR) is 94.1 cm³/mol. The van der Waals surface area contributed by atoms with E-state index in [1.165, 1.54) is 6.92 Å². The SMILES string of the molecule is Cc1ccc(C(F)(F)Oc2ccc(-c3ccc(OC(F)(F)F)c(F)c3)c(F)c2)c(F)c1F. The van der Waals surface area contributed by atoms with Crippen molar-refractivity contribution in [3.05, 3.63) is 82.9 Å². The van der Waals surface area contributed by atoms with Crippen molar-refractivity contribution in [1.29, 1.82) is 0 Å².